The lowest BCUT2D eigenvalue weighted by Crippen LogP contribution is -2.46. The topological polar surface area (TPSA) is 122 Å². The Balaban J connectivity index is 1.86. The lowest BCUT2D eigenvalue weighted by atomic mass is 9.96. The number of piperidine rings is 1. The second-order valence-electron chi connectivity index (χ2n) is 5.39. The van der Waals surface area contributed by atoms with Crippen LogP contribution in [0.4, 0.5) is 0 Å². The van der Waals surface area contributed by atoms with Gasteiger partial charge in [0, 0.05) is 32.6 Å². The Morgan fingerprint density at radius 1 is 1.50 bits per heavy atom. The van der Waals surface area contributed by atoms with Crippen LogP contribution in [0.5, 0.6) is 0 Å². The van der Waals surface area contributed by atoms with E-state index in [1.807, 2.05) is 0 Å². The number of nitrogens with two attached hydrogens (primary N) is 1. The number of carbonyl (C=O) groups excluding carboxylic acids is 2. The van der Waals surface area contributed by atoms with Gasteiger partial charge in [-0.15, -0.1) is 0 Å². The van der Waals surface area contributed by atoms with Crippen molar-refractivity contribution in [3.05, 3.63) is 0 Å². The summed E-state index contributed by atoms with van der Waals surface area (Å²) in [5.41, 5.74) is 0. The summed E-state index contributed by atoms with van der Waals surface area (Å²) in [4.78, 5) is 25.1. The van der Waals surface area contributed by atoms with Crippen molar-refractivity contribution in [3.63, 3.8) is 0 Å². The summed E-state index contributed by atoms with van der Waals surface area (Å²) in [5, 5.41) is 7.55. The smallest absolute Gasteiger partial charge is 0.274 e. The molecule has 2 heterocycles. The molecule has 0 radical (unpaired) electrons. The summed E-state index contributed by atoms with van der Waals surface area (Å²) >= 11 is 0. The Hall–Kier alpha value is -1.19. The Labute approximate surface area is 118 Å². The van der Waals surface area contributed by atoms with Crippen molar-refractivity contribution in [2.24, 2.45) is 17.0 Å². The SMILES string of the molecule is NS(=O)(=O)NCC1CCCN(C(=O)C2CNC(=O)C2)C1. The fourth-order valence-electron chi connectivity index (χ4n) is 2.70. The summed E-state index contributed by atoms with van der Waals surface area (Å²) in [6.45, 7) is 1.81. The molecule has 0 bridgehead atoms. The second kappa shape index (κ2) is 6.06. The van der Waals surface area contributed by atoms with Crippen molar-refractivity contribution in [1.82, 2.24) is 14.9 Å². The van der Waals surface area contributed by atoms with Crippen molar-refractivity contribution in [2.45, 2.75) is 19.3 Å². The van der Waals surface area contributed by atoms with Crippen molar-refractivity contribution >= 4 is 22.0 Å². The highest BCUT2D eigenvalue weighted by Gasteiger charge is 2.33. The van der Waals surface area contributed by atoms with Crippen LogP contribution in [-0.4, -0.2) is 51.3 Å². The minimum atomic E-state index is -3.69. The van der Waals surface area contributed by atoms with E-state index in [0.29, 0.717) is 19.6 Å². The summed E-state index contributed by atoms with van der Waals surface area (Å²) in [6, 6.07) is 0. The molecule has 2 aliphatic rings. The number of hydrogen-bond acceptors (Lipinski definition) is 4. The maximum absolute atomic E-state index is 12.3. The zero-order valence-corrected chi connectivity index (χ0v) is 12.0. The summed E-state index contributed by atoms with van der Waals surface area (Å²) in [6.07, 6.45) is 1.93. The molecule has 0 aliphatic carbocycles. The third-order valence-corrected chi connectivity index (χ3v) is 4.30. The normalized spacial score (nSPS) is 27.4. The van der Waals surface area contributed by atoms with E-state index in [-0.39, 0.29) is 36.6 Å². The Kier molecular flexibility index (Phi) is 4.61. The zero-order chi connectivity index (χ0) is 14.8. The molecule has 2 unspecified atom stereocenters. The third-order valence-electron chi connectivity index (χ3n) is 3.73. The number of amides is 2. The van der Waals surface area contributed by atoms with Gasteiger partial charge in [0.25, 0.3) is 10.2 Å². The minimum Gasteiger partial charge on any atom is -0.355 e. The first-order chi connectivity index (χ1) is 9.35. The predicted molar refractivity (Wildman–Crippen MR) is 71.5 cm³/mol. The highest BCUT2D eigenvalue weighted by atomic mass is 32.2. The van der Waals surface area contributed by atoms with E-state index in [2.05, 4.69) is 10.0 Å². The van der Waals surface area contributed by atoms with E-state index >= 15 is 0 Å². The Bertz CT molecular complexity index is 493. The maximum Gasteiger partial charge on any atom is 0.274 e. The molecule has 0 aromatic heterocycles. The van der Waals surface area contributed by atoms with Gasteiger partial charge in [0.15, 0.2) is 0 Å². The van der Waals surface area contributed by atoms with E-state index in [0.717, 1.165) is 12.8 Å². The van der Waals surface area contributed by atoms with E-state index < -0.39 is 10.2 Å². The van der Waals surface area contributed by atoms with Crippen molar-refractivity contribution in [1.29, 1.82) is 0 Å². The van der Waals surface area contributed by atoms with Crippen LogP contribution in [0.1, 0.15) is 19.3 Å². The molecule has 0 aromatic carbocycles. The van der Waals surface area contributed by atoms with E-state index in [9.17, 15) is 18.0 Å². The van der Waals surface area contributed by atoms with Crippen molar-refractivity contribution < 1.29 is 18.0 Å². The fourth-order valence-corrected chi connectivity index (χ4v) is 3.17. The minimum absolute atomic E-state index is 0.0244. The van der Waals surface area contributed by atoms with Gasteiger partial charge >= 0.3 is 0 Å². The van der Waals surface area contributed by atoms with Gasteiger partial charge in [-0.1, -0.05) is 0 Å². The first-order valence-electron chi connectivity index (χ1n) is 6.68. The zero-order valence-electron chi connectivity index (χ0n) is 11.2. The molecule has 9 heteroatoms. The molecule has 2 rings (SSSR count). The molecule has 2 saturated heterocycles. The van der Waals surface area contributed by atoms with Crippen LogP contribution >= 0.6 is 0 Å². The lowest BCUT2D eigenvalue weighted by molar-refractivity contribution is -0.137. The first-order valence-corrected chi connectivity index (χ1v) is 8.22. The van der Waals surface area contributed by atoms with Gasteiger partial charge in [-0.3, -0.25) is 9.59 Å². The van der Waals surface area contributed by atoms with Crippen LogP contribution in [0.15, 0.2) is 0 Å². The molecule has 2 amide bonds. The number of nitrogens with zero attached hydrogens (tertiary/aromatic N) is 1. The van der Waals surface area contributed by atoms with Gasteiger partial charge in [-0.05, 0) is 18.8 Å². The van der Waals surface area contributed by atoms with Crippen molar-refractivity contribution in [3.8, 4) is 0 Å². The number of carbonyl (C=O) groups is 2. The summed E-state index contributed by atoms with van der Waals surface area (Å²) < 4.78 is 24.0. The van der Waals surface area contributed by atoms with Crippen molar-refractivity contribution in [2.75, 3.05) is 26.2 Å². The van der Waals surface area contributed by atoms with E-state index in [4.69, 9.17) is 5.14 Å². The lowest BCUT2D eigenvalue weighted by Gasteiger charge is -2.34. The molecule has 0 spiro atoms. The molecule has 2 fully saturated rings. The molecule has 0 saturated carbocycles. The maximum atomic E-state index is 12.3. The number of likely N-dealkylation sites (tertiary alicyclic amines) is 1. The van der Waals surface area contributed by atoms with E-state index in [1.165, 1.54) is 0 Å². The average molecular weight is 304 g/mol. The van der Waals surface area contributed by atoms with Gasteiger partial charge in [0.2, 0.25) is 11.8 Å². The largest absolute Gasteiger partial charge is 0.355 e. The highest BCUT2D eigenvalue weighted by Crippen LogP contribution is 2.20. The Morgan fingerprint density at radius 2 is 2.25 bits per heavy atom. The average Bonchev–Trinajstić information content (AvgIpc) is 2.82. The van der Waals surface area contributed by atoms with Gasteiger partial charge in [0.05, 0.1) is 5.92 Å². The molecular formula is C11H20N4O4S. The number of hydrogen-bond donors (Lipinski definition) is 3. The first kappa shape index (κ1) is 15.2. The van der Waals surface area contributed by atoms with Crippen LogP contribution in [0.25, 0.3) is 0 Å². The molecule has 0 aromatic rings. The van der Waals surface area contributed by atoms with Crippen LogP contribution < -0.4 is 15.2 Å². The van der Waals surface area contributed by atoms with Crippen LogP contribution in [0.2, 0.25) is 0 Å². The Morgan fingerprint density at radius 3 is 2.85 bits per heavy atom. The fraction of sp³-hybridized carbons (Fsp3) is 0.818. The number of nitrogens with one attached hydrogen (secondary N) is 2. The molecular weight excluding hydrogens is 284 g/mol. The monoisotopic (exact) mass is 304 g/mol. The van der Waals surface area contributed by atoms with Crippen LogP contribution in [-0.2, 0) is 19.8 Å². The summed E-state index contributed by atoms with van der Waals surface area (Å²) in [7, 11) is -3.69. The quantitative estimate of drug-likeness (QED) is 0.564. The molecule has 2 aliphatic heterocycles. The number of rotatable bonds is 4. The molecule has 2 atom stereocenters. The van der Waals surface area contributed by atoms with Gasteiger partial charge in [0.1, 0.15) is 0 Å². The molecule has 114 valence electrons. The molecule has 8 nitrogen and oxygen atoms in total. The predicted octanol–water partition coefficient (Wildman–Crippen LogP) is -1.85. The third kappa shape index (κ3) is 4.15. The van der Waals surface area contributed by atoms with E-state index in [1.54, 1.807) is 4.90 Å². The molecule has 4 N–H and O–H groups in total. The highest BCUT2D eigenvalue weighted by molar-refractivity contribution is 7.87. The van der Waals surface area contributed by atoms with Gasteiger partial charge in [-0.2, -0.15) is 8.42 Å². The van der Waals surface area contributed by atoms with Gasteiger partial charge < -0.3 is 10.2 Å². The standard InChI is InChI=1S/C11H20N4O4S/c12-20(18,19)14-5-8-2-1-3-15(7-8)11(17)9-4-10(16)13-6-9/h8-9,14H,1-7H2,(H,13,16)(H2,12,18,19). The van der Waals surface area contributed by atoms with Gasteiger partial charge in [-0.25, -0.2) is 9.86 Å². The van der Waals surface area contributed by atoms with Crippen LogP contribution in [0.3, 0.4) is 0 Å². The summed E-state index contributed by atoms with van der Waals surface area (Å²) in [5.74, 6) is -0.333. The van der Waals surface area contributed by atoms with Crippen LogP contribution in [0, 0.1) is 11.8 Å². The molecule has 20 heavy (non-hydrogen) atoms. The second-order valence-corrected chi connectivity index (χ2v) is 6.77.